The van der Waals surface area contributed by atoms with Gasteiger partial charge in [-0.25, -0.2) is 0 Å². The average Bonchev–Trinajstić information content (AvgIpc) is 1.98. The summed E-state index contributed by atoms with van der Waals surface area (Å²) >= 11 is 0. The number of hydrogen-bond donors (Lipinski definition) is 4. The lowest BCUT2D eigenvalue weighted by Crippen LogP contribution is -2.30. The number of carboxylic acid groups (broad SMARTS) is 2. The first-order valence-corrected chi connectivity index (χ1v) is 4.23. The molecule has 0 aromatic carbocycles. The maximum Gasteiger partial charge on any atom is 0.320 e. The van der Waals surface area contributed by atoms with Gasteiger partial charge in [-0.1, -0.05) is 13.8 Å². The molecule has 0 bridgehead atoms. The van der Waals surface area contributed by atoms with Crippen LogP contribution in [0.25, 0.3) is 0 Å². The van der Waals surface area contributed by atoms with E-state index in [1.807, 2.05) is 13.8 Å². The predicted octanol–water partition coefficient (Wildman–Crippen LogP) is -0.383. The first kappa shape index (κ1) is 15.3. The van der Waals surface area contributed by atoms with Gasteiger partial charge in [0.05, 0.1) is 0 Å². The van der Waals surface area contributed by atoms with Gasteiger partial charge in [0, 0.05) is 6.42 Å². The zero-order valence-electron chi connectivity index (χ0n) is 8.43. The highest BCUT2D eigenvalue weighted by atomic mass is 16.4. The van der Waals surface area contributed by atoms with Crippen LogP contribution in [0.5, 0.6) is 0 Å². The number of nitrogens with two attached hydrogens (primary N) is 2. The number of carbonyl (C=O) groups is 2. The second-order valence-corrected chi connectivity index (χ2v) is 3.12. The van der Waals surface area contributed by atoms with Gasteiger partial charge in [-0.2, -0.15) is 0 Å². The molecule has 0 rings (SSSR count). The Morgan fingerprint density at radius 1 is 1.21 bits per heavy atom. The number of aliphatic carboxylic acids is 2. The van der Waals surface area contributed by atoms with Crippen molar-refractivity contribution in [1.82, 2.24) is 0 Å². The molecule has 0 fully saturated rings. The Balaban J connectivity index is 0. The van der Waals surface area contributed by atoms with Gasteiger partial charge in [0.15, 0.2) is 0 Å². The van der Waals surface area contributed by atoms with Crippen molar-refractivity contribution in [1.29, 1.82) is 0 Å². The summed E-state index contributed by atoms with van der Waals surface area (Å²) in [6.07, 6.45) is -0.224. The third kappa shape index (κ3) is 17.1. The molecule has 0 radical (unpaired) electrons. The summed E-state index contributed by atoms with van der Waals surface area (Å²) in [5.41, 5.74) is 10.1. The number of carboxylic acids is 2. The second-order valence-electron chi connectivity index (χ2n) is 3.12. The highest BCUT2D eigenvalue weighted by molar-refractivity contribution is 5.74. The molecule has 1 atom stereocenters. The fraction of sp³-hybridized carbons (Fsp3) is 0.750. The van der Waals surface area contributed by atoms with Crippen molar-refractivity contribution in [3.8, 4) is 0 Å². The molecular formula is C8H18N2O4. The summed E-state index contributed by atoms with van der Waals surface area (Å²) in [5.74, 6) is -2.20. The normalized spacial score (nSPS) is 11.5. The van der Waals surface area contributed by atoms with E-state index in [-0.39, 0.29) is 12.8 Å². The van der Waals surface area contributed by atoms with Crippen LogP contribution in [0.15, 0.2) is 0 Å². The van der Waals surface area contributed by atoms with E-state index in [0.29, 0.717) is 6.04 Å². The molecule has 0 unspecified atom stereocenters. The van der Waals surface area contributed by atoms with E-state index >= 15 is 0 Å². The smallest absolute Gasteiger partial charge is 0.320 e. The standard InChI is InChI=1S/C5H9NO4.C3H9N/c6-3(5(9)10)1-2-4(7)8;1-3(2)4/h3H,1-2,6H2,(H,7,8)(H,9,10);3H,4H2,1-2H3/t3-;/m0./s1. The van der Waals surface area contributed by atoms with Gasteiger partial charge in [0.1, 0.15) is 6.04 Å². The molecule has 84 valence electrons. The summed E-state index contributed by atoms with van der Waals surface area (Å²) in [4.78, 5) is 19.9. The van der Waals surface area contributed by atoms with Crippen LogP contribution in [0.3, 0.4) is 0 Å². The van der Waals surface area contributed by atoms with Gasteiger partial charge in [-0.05, 0) is 12.5 Å². The Hall–Kier alpha value is -1.14. The number of hydrogen-bond acceptors (Lipinski definition) is 4. The molecule has 14 heavy (non-hydrogen) atoms. The number of rotatable bonds is 4. The second kappa shape index (κ2) is 8.46. The maximum atomic E-state index is 9.99. The van der Waals surface area contributed by atoms with Crippen molar-refractivity contribution in [2.45, 2.75) is 38.8 Å². The predicted molar refractivity (Wildman–Crippen MR) is 51.8 cm³/mol. The van der Waals surface area contributed by atoms with Crippen molar-refractivity contribution in [3.63, 3.8) is 0 Å². The maximum absolute atomic E-state index is 9.99. The SMILES string of the molecule is CC(C)N.N[C@@H](CCC(=O)O)C(=O)O. The first-order valence-electron chi connectivity index (χ1n) is 4.23. The molecular weight excluding hydrogens is 188 g/mol. The van der Waals surface area contributed by atoms with Gasteiger partial charge in [0.2, 0.25) is 0 Å². The fourth-order valence-electron chi connectivity index (χ4n) is 0.402. The van der Waals surface area contributed by atoms with Gasteiger partial charge in [-0.3, -0.25) is 9.59 Å². The van der Waals surface area contributed by atoms with Crippen LogP contribution in [0, 0.1) is 0 Å². The molecule has 0 aromatic rings. The van der Waals surface area contributed by atoms with E-state index in [2.05, 4.69) is 0 Å². The molecule has 0 aliphatic carbocycles. The highest BCUT2D eigenvalue weighted by Crippen LogP contribution is 1.93. The zero-order valence-corrected chi connectivity index (χ0v) is 8.43. The molecule has 6 nitrogen and oxygen atoms in total. The van der Waals surface area contributed by atoms with Crippen LogP contribution in [0.1, 0.15) is 26.7 Å². The van der Waals surface area contributed by atoms with Crippen LogP contribution in [-0.2, 0) is 9.59 Å². The van der Waals surface area contributed by atoms with Crippen molar-refractivity contribution >= 4 is 11.9 Å². The van der Waals surface area contributed by atoms with Crippen LogP contribution in [-0.4, -0.2) is 34.2 Å². The van der Waals surface area contributed by atoms with Crippen LogP contribution < -0.4 is 11.5 Å². The Bertz CT molecular complexity index is 179. The van der Waals surface area contributed by atoms with E-state index < -0.39 is 18.0 Å². The fourth-order valence-corrected chi connectivity index (χ4v) is 0.402. The first-order chi connectivity index (χ1) is 6.27. The molecule has 0 aliphatic rings. The van der Waals surface area contributed by atoms with Gasteiger partial charge in [-0.15, -0.1) is 0 Å². The molecule has 0 amide bonds. The van der Waals surface area contributed by atoms with Crippen molar-refractivity contribution in [2.75, 3.05) is 0 Å². The minimum atomic E-state index is -1.17. The Morgan fingerprint density at radius 3 is 1.79 bits per heavy atom. The van der Waals surface area contributed by atoms with Crippen molar-refractivity contribution in [3.05, 3.63) is 0 Å². The van der Waals surface area contributed by atoms with Crippen molar-refractivity contribution < 1.29 is 19.8 Å². The quantitative estimate of drug-likeness (QED) is 0.496. The summed E-state index contributed by atoms with van der Waals surface area (Å²) < 4.78 is 0. The third-order valence-electron chi connectivity index (χ3n) is 0.986. The monoisotopic (exact) mass is 206 g/mol. The van der Waals surface area contributed by atoms with Gasteiger partial charge >= 0.3 is 11.9 Å². The lowest BCUT2D eigenvalue weighted by atomic mass is 10.2. The van der Waals surface area contributed by atoms with E-state index in [1.165, 1.54) is 0 Å². The minimum absolute atomic E-state index is 0.0231. The molecule has 6 N–H and O–H groups in total. The van der Waals surface area contributed by atoms with E-state index in [1.54, 1.807) is 0 Å². The molecule has 0 saturated carbocycles. The van der Waals surface area contributed by atoms with Crippen LogP contribution >= 0.6 is 0 Å². The summed E-state index contributed by atoms with van der Waals surface area (Å²) in [6.45, 7) is 3.89. The van der Waals surface area contributed by atoms with Gasteiger partial charge < -0.3 is 21.7 Å². The Labute approximate surface area is 82.9 Å². The average molecular weight is 206 g/mol. The topological polar surface area (TPSA) is 127 Å². The van der Waals surface area contributed by atoms with Crippen molar-refractivity contribution in [2.24, 2.45) is 11.5 Å². The highest BCUT2D eigenvalue weighted by Gasteiger charge is 2.12. The lowest BCUT2D eigenvalue weighted by Gasteiger charge is -2.01. The zero-order chi connectivity index (χ0) is 11.7. The molecule has 0 spiro atoms. The summed E-state index contributed by atoms with van der Waals surface area (Å²) in [6, 6.07) is -0.726. The van der Waals surface area contributed by atoms with Crippen LogP contribution in [0.4, 0.5) is 0 Å². The molecule has 0 heterocycles. The molecule has 0 saturated heterocycles. The summed E-state index contributed by atoms with van der Waals surface area (Å²) in [5, 5.41) is 16.3. The van der Waals surface area contributed by atoms with E-state index in [4.69, 9.17) is 21.7 Å². The lowest BCUT2D eigenvalue weighted by molar-refractivity contribution is -0.139. The Morgan fingerprint density at radius 2 is 1.57 bits per heavy atom. The molecule has 6 heteroatoms. The van der Waals surface area contributed by atoms with E-state index in [0.717, 1.165) is 0 Å². The molecule has 0 aliphatic heterocycles. The van der Waals surface area contributed by atoms with Crippen LogP contribution in [0.2, 0.25) is 0 Å². The molecule has 0 aromatic heterocycles. The largest absolute Gasteiger partial charge is 0.481 e. The summed E-state index contributed by atoms with van der Waals surface area (Å²) in [7, 11) is 0. The minimum Gasteiger partial charge on any atom is -0.481 e. The van der Waals surface area contributed by atoms with E-state index in [9.17, 15) is 9.59 Å². The third-order valence-corrected chi connectivity index (χ3v) is 0.986. The van der Waals surface area contributed by atoms with Gasteiger partial charge in [0.25, 0.3) is 0 Å². The Kier molecular flexibility index (Phi) is 9.27.